The highest BCUT2D eigenvalue weighted by Crippen LogP contribution is 2.30. The maximum Gasteiger partial charge on any atom is 0.323 e. The molecule has 0 radical (unpaired) electrons. The van der Waals surface area contributed by atoms with Crippen molar-refractivity contribution in [1.29, 1.82) is 0 Å². The lowest BCUT2D eigenvalue weighted by Crippen LogP contribution is -2.24. The van der Waals surface area contributed by atoms with Gasteiger partial charge in [-0.3, -0.25) is 0 Å². The zero-order chi connectivity index (χ0) is 13.7. The third kappa shape index (κ3) is 4.12. The molecule has 1 aliphatic rings. The van der Waals surface area contributed by atoms with E-state index >= 15 is 0 Å². The molecule has 2 rings (SSSR count). The van der Waals surface area contributed by atoms with Crippen LogP contribution in [0.3, 0.4) is 0 Å². The molecule has 19 heavy (non-hydrogen) atoms. The number of allylic oxidation sites excluding steroid dienone is 1. The van der Waals surface area contributed by atoms with Crippen molar-refractivity contribution >= 4 is 11.7 Å². The van der Waals surface area contributed by atoms with E-state index < -0.39 is 0 Å². The van der Waals surface area contributed by atoms with E-state index in [0.717, 1.165) is 11.3 Å². The summed E-state index contributed by atoms with van der Waals surface area (Å²) in [5.74, 6) is 0.652. The van der Waals surface area contributed by atoms with Gasteiger partial charge in [0.05, 0.1) is 0 Å². The summed E-state index contributed by atoms with van der Waals surface area (Å²) in [7, 11) is 0. The number of hydrogen-bond acceptors (Lipinski definition) is 1. The van der Waals surface area contributed by atoms with Gasteiger partial charge in [0, 0.05) is 11.9 Å². The Hall–Kier alpha value is -1.77. The molecule has 2 N–H and O–H groups in total. The van der Waals surface area contributed by atoms with Gasteiger partial charge in [0.15, 0.2) is 0 Å². The lowest BCUT2D eigenvalue weighted by Gasteiger charge is -2.10. The zero-order valence-corrected chi connectivity index (χ0v) is 11.7. The van der Waals surface area contributed by atoms with Gasteiger partial charge in [-0.05, 0) is 50.3 Å². The normalized spacial score (nSPS) is 16.4. The first-order valence-electron chi connectivity index (χ1n) is 6.96. The number of benzene rings is 1. The third-order valence-corrected chi connectivity index (χ3v) is 3.71. The first-order valence-corrected chi connectivity index (χ1v) is 6.96. The van der Waals surface area contributed by atoms with Crippen LogP contribution in [0.1, 0.15) is 38.2 Å². The Labute approximate surface area is 115 Å². The quantitative estimate of drug-likeness (QED) is 0.837. The molecule has 1 aromatic carbocycles. The van der Waals surface area contributed by atoms with E-state index in [0.29, 0.717) is 5.92 Å². The van der Waals surface area contributed by atoms with E-state index in [1.165, 1.54) is 31.3 Å². The molecule has 1 fully saturated rings. The highest BCUT2D eigenvalue weighted by molar-refractivity contribution is 5.89. The second kappa shape index (κ2) is 6.41. The standard InChI is InChI=1S/C16H22N2O/c1-12-6-5-9-15(10-12)18-16(19)17-11-13(2)14-7-3-4-8-14/h5-6,9-11,14H,3-4,7-8H2,1-2H3,(H2,17,18,19)/b13-11+. The van der Waals surface area contributed by atoms with Crippen LogP contribution in [0.15, 0.2) is 36.0 Å². The topological polar surface area (TPSA) is 41.1 Å². The fraction of sp³-hybridized carbons (Fsp3) is 0.438. The molecular weight excluding hydrogens is 236 g/mol. The molecule has 0 atom stereocenters. The molecule has 0 saturated heterocycles. The maximum atomic E-state index is 11.8. The molecule has 1 aliphatic carbocycles. The maximum absolute atomic E-state index is 11.8. The summed E-state index contributed by atoms with van der Waals surface area (Å²) in [4.78, 5) is 11.8. The first kappa shape index (κ1) is 13.7. The number of hydrogen-bond donors (Lipinski definition) is 2. The Morgan fingerprint density at radius 1 is 1.32 bits per heavy atom. The predicted molar refractivity (Wildman–Crippen MR) is 79.0 cm³/mol. The van der Waals surface area contributed by atoms with Gasteiger partial charge in [-0.15, -0.1) is 0 Å². The Kier molecular flexibility index (Phi) is 4.61. The zero-order valence-electron chi connectivity index (χ0n) is 11.7. The van der Waals surface area contributed by atoms with E-state index in [-0.39, 0.29) is 6.03 Å². The van der Waals surface area contributed by atoms with E-state index in [1.54, 1.807) is 0 Å². The number of amides is 2. The van der Waals surface area contributed by atoms with Crippen LogP contribution in [0, 0.1) is 12.8 Å². The Morgan fingerprint density at radius 2 is 2.05 bits per heavy atom. The molecule has 3 heteroatoms. The van der Waals surface area contributed by atoms with Gasteiger partial charge < -0.3 is 10.6 Å². The summed E-state index contributed by atoms with van der Waals surface area (Å²) >= 11 is 0. The minimum atomic E-state index is -0.178. The first-order chi connectivity index (χ1) is 9.15. The van der Waals surface area contributed by atoms with E-state index in [9.17, 15) is 4.79 Å². The molecule has 1 saturated carbocycles. The number of carbonyl (C=O) groups is 1. The van der Waals surface area contributed by atoms with Gasteiger partial charge in [-0.2, -0.15) is 0 Å². The van der Waals surface area contributed by atoms with Crippen LogP contribution < -0.4 is 10.6 Å². The molecule has 0 heterocycles. The van der Waals surface area contributed by atoms with Crippen molar-refractivity contribution in [3.63, 3.8) is 0 Å². The fourth-order valence-electron chi connectivity index (χ4n) is 2.57. The number of rotatable bonds is 3. The predicted octanol–water partition coefficient (Wildman–Crippen LogP) is 4.21. The van der Waals surface area contributed by atoms with Crippen molar-refractivity contribution in [3.8, 4) is 0 Å². The average molecular weight is 258 g/mol. The summed E-state index contributed by atoms with van der Waals surface area (Å²) in [5.41, 5.74) is 3.23. The van der Waals surface area contributed by atoms with Crippen LogP contribution in [0.4, 0.5) is 10.5 Å². The molecule has 0 unspecified atom stereocenters. The Bertz CT molecular complexity index is 473. The highest BCUT2D eigenvalue weighted by Gasteiger charge is 2.16. The van der Waals surface area contributed by atoms with Crippen LogP contribution in [0.25, 0.3) is 0 Å². The van der Waals surface area contributed by atoms with Crippen molar-refractivity contribution < 1.29 is 4.79 Å². The number of anilines is 1. The SMILES string of the molecule is C/C(=C\NC(=O)Nc1cccc(C)c1)C1CCCC1. The monoisotopic (exact) mass is 258 g/mol. The van der Waals surface area contributed by atoms with Crippen molar-refractivity contribution in [1.82, 2.24) is 5.32 Å². The summed E-state index contributed by atoms with van der Waals surface area (Å²) < 4.78 is 0. The van der Waals surface area contributed by atoms with Gasteiger partial charge in [0.25, 0.3) is 0 Å². The second-order valence-electron chi connectivity index (χ2n) is 5.34. The van der Waals surface area contributed by atoms with Crippen molar-refractivity contribution in [2.75, 3.05) is 5.32 Å². The number of aryl methyl sites for hydroxylation is 1. The molecule has 0 spiro atoms. The Morgan fingerprint density at radius 3 is 2.74 bits per heavy atom. The lowest BCUT2D eigenvalue weighted by molar-refractivity contribution is 0.255. The summed E-state index contributed by atoms with van der Waals surface area (Å²) in [6, 6.07) is 7.60. The van der Waals surface area contributed by atoms with Crippen LogP contribution >= 0.6 is 0 Å². The molecule has 0 bridgehead atoms. The largest absolute Gasteiger partial charge is 0.323 e. The van der Waals surface area contributed by atoms with Crippen LogP contribution in [-0.2, 0) is 0 Å². The molecule has 102 valence electrons. The van der Waals surface area contributed by atoms with E-state index in [1.807, 2.05) is 37.4 Å². The number of urea groups is 1. The molecular formula is C16H22N2O. The van der Waals surface area contributed by atoms with Gasteiger partial charge in [-0.25, -0.2) is 4.79 Å². The molecule has 3 nitrogen and oxygen atoms in total. The number of nitrogens with one attached hydrogen (secondary N) is 2. The third-order valence-electron chi connectivity index (χ3n) is 3.71. The Balaban J connectivity index is 1.85. The van der Waals surface area contributed by atoms with Gasteiger partial charge in [0.2, 0.25) is 0 Å². The van der Waals surface area contributed by atoms with Crippen LogP contribution in [-0.4, -0.2) is 6.03 Å². The van der Waals surface area contributed by atoms with E-state index in [4.69, 9.17) is 0 Å². The second-order valence-corrected chi connectivity index (χ2v) is 5.34. The summed E-state index contributed by atoms with van der Waals surface area (Å²) in [6.45, 7) is 4.11. The molecule has 1 aromatic rings. The minimum Gasteiger partial charge on any atom is -0.314 e. The molecule has 0 aliphatic heterocycles. The van der Waals surface area contributed by atoms with Gasteiger partial charge >= 0.3 is 6.03 Å². The average Bonchev–Trinajstić information content (AvgIpc) is 2.90. The van der Waals surface area contributed by atoms with Crippen LogP contribution in [0.2, 0.25) is 0 Å². The lowest BCUT2D eigenvalue weighted by atomic mass is 10.0. The molecule has 0 aromatic heterocycles. The number of carbonyl (C=O) groups excluding carboxylic acids is 1. The fourth-order valence-corrected chi connectivity index (χ4v) is 2.57. The van der Waals surface area contributed by atoms with Crippen LogP contribution in [0.5, 0.6) is 0 Å². The van der Waals surface area contributed by atoms with Crippen molar-refractivity contribution in [3.05, 3.63) is 41.6 Å². The highest BCUT2D eigenvalue weighted by atomic mass is 16.2. The summed E-state index contributed by atoms with van der Waals surface area (Å²) in [5, 5.41) is 5.65. The van der Waals surface area contributed by atoms with Gasteiger partial charge in [0.1, 0.15) is 0 Å². The van der Waals surface area contributed by atoms with Crippen molar-refractivity contribution in [2.45, 2.75) is 39.5 Å². The summed E-state index contributed by atoms with van der Waals surface area (Å²) in [6.07, 6.45) is 6.98. The van der Waals surface area contributed by atoms with E-state index in [2.05, 4.69) is 17.6 Å². The molecule has 2 amide bonds. The smallest absolute Gasteiger partial charge is 0.314 e. The van der Waals surface area contributed by atoms with Gasteiger partial charge in [-0.1, -0.05) is 30.5 Å². The van der Waals surface area contributed by atoms with Crippen molar-refractivity contribution in [2.24, 2.45) is 5.92 Å². The minimum absolute atomic E-state index is 0.178.